The van der Waals surface area contributed by atoms with E-state index in [0.717, 1.165) is 16.7 Å². The van der Waals surface area contributed by atoms with Crippen molar-refractivity contribution in [2.45, 2.75) is 6.54 Å². The van der Waals surface area contributed by atoms with Crippen molar-refractivity contribution in [3.8, 4) is 0 Å². The summed E-state index contributed by atoms with van der Waals surface area (Å²) < 4.78 is 1.56. The summed E-state index contributed by atoms with van der Waals surface area (Å²) in [5, 5.41) is 9.89. The number of carbonyl (C=O) groups is 1. The Bertz CT molecular complexity index is 1070. The molecule has 0 fully saturated rings. The zero-order valence-corrected chi connectivity index (χ0v) is 15.6. The van der Waals surface area contributed by atoms with Gasteiger partial charge < -0.3 is 9.67 Å². The van der Waals surface area contributed by atoms with Gasteiger partial charge in [-0.05, 0) is 47.0 Å². The van der Waals surface area contributed by atoms with Gasteiger partial charge in [0.2, 0.25) is 0 Å². The normalized spacial score (nSPS) is 11.0. The van der Waals surface area contributed by atoms with Crippen molar-refractivity contribution in [1.82, 2.24) is 4.57 Å². The first-order valence-corrected chi connectivity index (χ1v) is 8.84. The minimum absolute atomic E-state index is 0.145. The first-order chi connectivity index (χ1) is 12.9. The van der Waals surface area contributed by atoms with E-state index in [2.05, 4.69) is 0 Å². The van der Waals surface area contributed by atoms with Crippen molar-refractivity contribution in [1.29, 1.82) is 0 Å². The summed E-state index contributed by atoms with van der Waals surface area (Å²) in [4.78, 5) is 23.2. The molecule has 0 aliphatic carbocycles. The third kappa shape index (κ3) is 4.88. The van der Waals surface area contributed by atoms with Gasteiger partial charge in [0, 0.05) is 12.3 Å². The molecule has 1 aromatic heterocycles. The third-order valence-electron chi connectivity index (χ3n) is 3.99. The Morgan fingerprint density at radius 2 is 1.59 bits per heavy atom. The highest BCUT2D eigenvalue weighted by molar-refractivity contribution is 6.42. The summed E-state index contributed by atoms with van der Waals surface area (Å²) in [6.45, 7) is 0.371. The van der Waals surface area contributed by atoms with E-state index in [1.165, 1.54) is 12.1 Å². The lowest BCUT2D eigenvalue weighted by Gasteiger charge is -2.06. The molecule has 6 heteroatoms. The van der Waals surface area contributed by atoms with Gasteiger partial charge in [-0.3, -0.25) is 4.79 Å². The van der Waals surface area contributed by atoms with Crippen LogP contribution in [0.15, 0.2) is 65.6 Å². The first-order valence-electron chi connectivity index (χ1n) is 8.08. The molecule has 4 nitrogen and oxygen atoms in total. The molecule has 3 aromatic rings. The quantitative estimate of drug-likeness (QED) is 0.651. The fourth-order valence-electron chi connectivity index (χ4n) is 2.52. The van der Waals surface area contributed by atoms with Gasteiger partial charge in [-0.2, -0.15) is 0 Å². The van der Waals surface area contributed by atoms with Crippen molar-refractivity contribution in [3.05, 3.63) is 103 Å². The second-order valence-corrected chi connectivity index (χ2v) is 6.75. The standard InChI is InChI=1S/C21H15Cl2NO3/c22-18-8-5-14(11-19(18)23)1-2-15-9-10-24(20(25)12-15)13-16-3-6-17(7-4-16)21(26)27/h1-12H,13H2,(H,26,27)/b2-1+. The summed E-state index contributed by atoms with van der Waals surface area (Å²) in [5.74, 6) is -0.975. The fourth-order valence-corrected chi connectivity index (χ4v) is 2.82. The molecule has 136 valence electrons. The average molecular weight is 400 g/mol. The summed E-state index contributed by atoms with van der Waals surface area (Å²) in [5.41, 5.74) is 2.57. The maximum absolute atomic E-state index is 12.3. The van der Waals surface area contributed by atoms with Gasteiger partial charge >= 0.3 is 5.97 Å². The van der Waals surface area contributed by atoms with Gasteiger partial charge in [0.25, 0.3) is 5.56 Å². The number of carboxylic acids is 1. The summed E-state index contributed by atoms with van der Waals surface area (Å²) in [6, 6.07) is 15.1. The molecule has 1 N–H and O–H groups in total. The summed E-state index contributed by atoms with van der Waals surface area (Å²) >= 11 is 11.9. The number of halogens is 2. The van der Waals surface area contributed by atoms with Crippen LogP contribution in [0.3, 0.4) is 0 Å². The van der Waals surface area contributed by atoms with E-state index in [9.17, 15) is 9.59 Å². The topological polar surface area (TPSA) is 59.3 Å². The summed E-state index contributed by atoms with van der Waals surface area (Å²) in [7, 11) is 0. The van der Waals surface area contributed by atoms with E-state index in [1.54, 1.807) is 41.1 Å². The monoisotopic (exact) mass is 399 g/mol. The number of aromatic carboxylic acids is 1. The minimum atomic E-state index is -0.975. The lowest BCUT2D eigenvalue weighted by molar-refractivity contribution is 0.0697. The summed E-state index contributed by atoms with van der Waals surface area (Å²) in [6.07, 6.45) is 5.39. The van der Waals surface area contributed by atoms with Crippen molar-refractivity contribution in [2.24, 2.45) is 0 Å². The number of nitrogens with zero attached hydrogens (tertiary/aromatic N) is 1. The van der Waals surface area contributed by atoms with E-state index in [4.69, 9.17) is 28.3 Å². The number of pyridine rings is 1. The van der Waals surface area contributed by atoms with Crippen LogP contribution in [0.2, 0.25) is 10.0 Å². The molecule has 27 heavy (non-hydrogen) atoms. The van der Waals surface area contributed by atoms with Crippen molar-refractivity contribution >= 4 is 41.3 Å². The molecule has 0 aliphatic rings. The number of rotatable bonds is 5. The van der Waals surface area contributed by atoms with Gasteiger partial charge in [-0.1, -0.05) is 53.6 Å². The van der Waals surface area contributed by atoms with Crippen molar-refractivity contribution in [3.63, 3.8) is 0 Å². The Morgan fingerprint density at radius 3 is 2.19 bits per heavy atom. The molecule has 0 unspecified atom stereocenters. The SMILES string of the molecule is O=C(O)c1ccc(Cn2ccc(/C=C/c3ccc(Cl)c(Cl)c3)cc2=O)cc1. The van der Waals surface area contributed by atoms with Crippen molar-refractivity contribution in [2.75, 3.05) is 0 Å². The molecular formula is C21H15Cl2NO3. The smallest absolute Gasteiger partial charge is 0.335 e. The highest BCUT2D eigenvalue weighted by Crippen LogP contribution is 2.23. The predicted octanol–water partition coefficient (Wildman–Crippen LogP) is 5.07. The molecule has 0 bridgehead atoms. The van der Waals surface area contributed by atoms with E-state index >= 15 is 0 Å². The molecule has 0 aliphatic heterocycles. The van der Waals surface area contributed by atoms with Gasteiger partial charge in [0.1, 0.15) is 0 Å². The van der Waals surface area contributed by atoms with Crippen LogP contribution in [0, 0.1) is 0 Å². The second kappa shape index (κ2) is 8.25. The zero-order chi connectivity index (χ0) is 19.4. The maximum atomic E-state index is 12.3. The van der Waals surface area contributed by atoms with Gasteiger partial charge in [0.05, 0.1) is 22.2 Å². The number of carboxylic acid groups (broad SMARTS) is 1. The van der Waals surface area contributed by atoms with E-state index < -0.39 is 5.97 Å². The Labute approximate surface area is 165 Å². The molecule has 0 saturated heterocycles. The maximum Gasteiger partial charge on any atom is 0.335 e. The molecular weight excluding hydrogens is 385 g/mol. The Kier molecular flexibility index (Phi) is 5.79. The molecule has 2 aromatic carbocycles. The Balaban J connectivity index is 1.75. The minimum Gasteiger partial charge on any atom is -0.478 e. The lowest BCUT2D eigenvalue weighted by atomic mass is 10.1. The first kappa shape index (κ1) is 19.0. The molecule has 0 saturated carbocycles. The number of hydrogen-bond acceptors (Lipinski definition) is 2. The second-order valence-electron chi connectivity index (χ2n) is 5.94. The highest BCUT2D eigenvalue weighted by Gasteiger charge is 2.03. The molecule has 0 radical (unpaired) electrons. The Morgan fingerprint density at radius 1 is 0.926 bits per heavy atom. The van der Waals surface area contributed by atoms with E-state index in [1.807, 2.05) is 24.3 Å². The van der Waals surface area contributed by atoms with Crippen LogP contribution in [0.4, 0.5) is 0 Å². The van der Waals surface area contributed by atoms with Gasteiger partial charge in [-0.15, -0.1) is 0 Å². The van der Waals surface area contributed by atoms with E-state index in [0.29, 0.717) is 16.6 Å². The van der Waals surface area contributed by atoms with Crippen LogP contribution >= 0.6 is 23.2 Å². The van der Waals surface area contributed by atoms with Crippen LogP contribution in [0.1, 0.15) is 27.0 Å². The molecule has 3 rings (SSSR count). The third-order valence-corrected chi connectivity index (χ3v) is 4.72. The molecule has 0 atom stereocenters. The van der Waals surface area contributed by atoms with Crippen molar-refractivity contribution < 1.29 is 9.90 Å². The van der Waals surface area contributed by atoms with Crippen LogP contribution in [-0.4, -0.2) is 15.6 Å². The zero-order valence-electron chi connectivity index (χ0n) is 14.1. The highest BCUT2D eigenvalue weighted by atomic mass is 35.5. The van der Waals surface area contributed by atoms with E-state index in [-0.39, 0.29) is 11.1 Å². The van der Waals surface area contributed by atoms with Gasteiger partial charge in [-0.25, -0.2) is 4.79 Å². The average Bonchev–Trinajstić information content (AvgIpc) is 2.65. The largest absolute Gasteiger partial charge is 0.478 e. The van der Waals surface area contributed by atoms with Crippen LogP contribution in [0.25, 0.3) is 12.2 Å². The number of aromatic nitrogens is 1. The molecule has 0 amide bonds. The fraction of sp³-hybridized carbons (Fsp3) is 0.0476. The van der Waals surface area contributed by atoms with Gasteiger partial charge in [0.15, 0.2) is 0 Å². The number of hydrogen-bond donors (Lipinski definition) is 1. The van der Waals surface area contributed by atoms with Crippen LogP contribution in [0.5, 0.6) is 0 Å². The molecule has 0 spiro atoms. The lowest BCUT2D eigenvalue weighted by Crippen LogP contribution is -2.19. The number of benzene rings is 2. The Hall–Kier alpha value is -2.82. The van der Waals surface area contributed by atoms with Crippen LogP contribution in [-0.2, 0) is 6.54 Å². The molecule has 1 heterocycles. The van der Waals surface area contributed by atoms with Crippen LogP contribution < -0.4 is 5.56 Å². The predicted molar refractivity (Wildman–Crippen MR) is 109 cm³/mol.